The average molecular weight is 410 g/mol. The van der Waals surface area contributed by atoms with Gasteiger partial charge in [0.05, 0.1) is 5.56 Å². The highest BCUT2D eigenvalue weighted by atomic mass is 19.1. The van der Waals surface area contributed by atoms with Gasteiger partial charge in [0.25, 0.3) is 5.91 Å². The highest BCUT2D eigenvalue weighted by Crippen LogP contribution is 2.36. The quantitative estimate of drug-likeness (QED) is 0.764. The summed E-state index contributed by atoms with van der Waals surface area (Å²) in [5.41, 5.74) is 5.13. The fraction of sp³-hybridized carbons (Fsp3) is 0.458. The van der Waals surface area contributed by atoms with Crippen molar-refractivity contribution in [2.45, 2.75) is 44.7 Å². The van der Waals surface area contributed by atoms with Crippen LogP contribution in [0.2, 0.25) is 0 Å². The Kier molecular flexibility index (Phi) is 5.11. The molecule has 3 heterocycles. The van der Waals surface area contributed by atoms with Gasteiger partial charge in [-0.05, 0) is 67.7 Å². The van der Waals surface area contributed by atoms with Crippen LogP contribution >= 0.6 is 0 Å². The van der Waals surface area contributed by atoms with Crippen LogP contribution in [-0.4, -0.2) is 43.1 Å². The summed E-state index contributed by atoms with van der Waals surface area (Å²) in [5, 5.41) is 6.32. The van der Waals surface area contributed by atoms with Crippen LogP contribution in [0.4, 0.5) is 10.1 Å². The monoisotopic (exact) mass is 409 g/mol. The summed E-state index contributed by atoms with van der Waals surface area (Å²) in [5.74, 6) is 1.08. The first kappa shape index (κ1) is 19.4. The van der Waals surface area contributed by atoms with Crippen molar-refractivity contribution in [3.05, 3.63) is 58.4 Å². The summed E-state index contributed by atoms with van der Waals surface area (Å²) in [6.45, 7) is 6.24. The van der Waals surface area contributed by atoms with E-state index in [1.807, 2.05) is 18.2 Å². The van der Waals surface area contributed by atoms with Gasteiger partial charge in [0.2, 0.25) is 0 Å². The van der Waals surface area contributed by atoms with E-state index in [4.69, 9.17) is 4.74 Å². The average Bonchev–Trinajstić information content (AvgIpc) is 3.34. The molecule has 2 aromatic carbocycles. The second kappa shape index (κ2) is 7.91. The summed E-state index contributed by atoms with van der Waals surface area (Å²) >= 11 is 0. The largest absolute Gasteiger partial charge is 0.492 e. The number of amides is 1. The molecule has 5 nitrogen and oxygen atoms in total. The summed E-state index contributed by atoms with van der Waals surface area (Å²) < 4.78 is 19.7. The molecular formula is C24H28FN3O2. The third kappa shape index (κ3) is 3.43. The lowest BCUT2D eigenvalue weighted by Gasteiger charge is -2.35. The van der Waals surface area contributed by atoms with Gasteiger partial charge < -0.3 is 15.4 Å². The highest BCUT2D eigenvalue weighted by Gasteiger charge is 2.32. The van der Waals surface area contributed by atoms with Gasteiger partial charge in [-0.3, -0.25) is 9.69 Å². The lowest BCUT2D eigenvalue weighted by Crippen LogP contribution is -2.44. The molecule has 2 aromatic rings. The van der Waals surface area contributed by atoms with E-state index in [1.54, 1.807) is 6.07 Å². The molecule has 0 spiro atoms. The fourth-order valence-corrected chi connectivity index (χ4v) is 5.20. The molecule has 0 fully saturated rings. The Labute approximate surface area is 176 Å². The van der Waals surface area contributed by atoms with Crippen molar-refractivity contribution in [1.29, 1.82) is 0 Å². The number of hydrogen-bond acceptors (Lipinski definition) is 4. The number of benzene rings is 2. The van der Waals surface area contributed by atoms with Gasteiger partial charge in [-0.25, -0.2) is 4.39 Å². The highest BCUT2D eigenvalue weighted by molar-refractivity contribution is 6.00. The molecule has 158 valence electrons. The zero-order valence-electron chi connectivity index (χ0n) is 17.3. The van der Waals surface area contributed by atoms with Crippen molar-refractivity contribution in [2.24, 2.45) is 0 Å². The maximum atomic E-state index is 13.6. The molecule has 1 amide bonds. The lowest BCUT2D eigenvalue weighted by atomic mass is 9.93. The van der Waals surface area contributed by atoms with Gasteiger partial charge >= 0.3 is 0 Å². The van der Waals surface area contributed by atoms with Crippen LogP contribution in [-0.2, 0) is 13.0 Å². The van der Waals surface area contributed by atoms with Crippen LogP contribution in [0.15, 0.2) is 30.3 Å². The van der Waals surface area contributed by atoms with E-state index in [2.05, 4.69) is 22.5 Å². The van der Waals surface area contributed by atoms with Gasteiger partial charge in [-0.2, -0.15) is 0 Å². The molecule has 2 N–H and O–H groups in total. The van der Waals surface area contributed by atoms with E-state index in [1.165, 1.54) is 6.07 Å². The van der Waals surface area contributed by atoms with Gasteiger partial charge in [0.1, 0.15) is 18.2 Å². The first-order valence-electron chi connectivity index (χ1n) is 11.0. The molecule has 5 rings (SSSR count). The van der Waals surface area contributed by atoms with E-state index >= 15 is 0 Å². The molecule has 0 saturated heterocycles. The Balaban J connectivity index is 1.23. The molecule has 6 heteroatoms. The van der Waals surface area contributed by atoms with Crippen LogP contribution in [0.3, 0.4) is 0 Å². The van der Waals surface area contributed by atoms with Crippen molar-refractivity contribution in [1.82, 2.24) is 10.2 Å². The first-order valence-corrected chi connectivity index (χ1v) is 11.0. The predicted octanol–water partition coefficient (Wildman–Crippen LogP) is 3.68. The molecule has 3 aliphatic heterocycles. The van der Waals surface area contributed by atoms with Crippen LogP contribution in [0.25, 0.3) is 0 Å². The van der Waals surface area contributed by atoms with Crippen molar-refractivity contribution in [3.8, 4) is 5.75 Å². The zero-order valence-corrected chi connectivity index (χ0v) is 17.3. The number of nitrogens with one attached hydrogen (secondary N) is 2. The number of hydrogen-bond donors (Lipinski definition) is 2. The topological polar surface area (TPSA) is 53.6 Å². The standard InChI is InChI=1S/C24H28FN3O2/c1-2-28(9-3-4-15-12-26-21-7-6-17(25)10-19(15)21)18-11-20-22(30-14-18)8-5-16-13-27-24(29)23(16)20/h5-8,10,15,18,26H,2-4,9,11-14H2,1H3,(H,27,29). The predicted molar refractivity (Wildman–Crippen MR) is 115 cm³/mol. The smallest absolute Gasteiger partial charge is 0.252 e. The Morgan fingerprint density at radius 1 is 1.23 bits per heavy atom. The van der Waals surface area contributed by atoms with Gasteiger partial charge in [0, 0.05) is 36.3 Å². The minimum atomic E-state index is -0.160. The summed E-state index contributed by atoms with van der Waals surface area (Å²) in [6.07, 6.45) is 2.92. The number of nitrogens with zero attached hydrogens (tertiary/aromatic N) is 1. The van der Waals surface area contributed by atoms with E-state index in [-0.39, 0.29) is 17.8 Å². The van der Waals surface area contributed by atoms with Crippen molar-refractivity contribution >= 4 is 11.6 Å². The lowest BCUT2D eigenvalue weighted by molar-refractivity contribution is 0.0957. The van der Waals surface area contributed by atoms with E-state index in [9.17, 15) is 9.18 Å². The van der Waals surface area contributed by atoms with E-state index in [0.717, 1.165) is 72.6 Å². The van der Waals surface area contributed by atoms with Gasteiger partial charge in [-0.1, -0.05) is 13.0 Å². The molecule has 30 heavy (non-hydrogen) atoms. The Morgan fingerprint density at radius 3 is 3.00 bits per heavy atom. The number of carbonyl (C=O) groups excluding carboxylic acids is 1. The fourth-order valence-electron chi connectivity index (χ4n) is 5.20. The number of fused-ring (bicyclic) bond motifs is 4. The maximum Gasteiger partial charge on any atom is 0.252 e. The number of ether oxygens (including phenoxy) is 1. The summed E-state index contributed by atoms with van der Waals surface area (Å²) in [7, 11) is 0. The third-order valence-corrected chi connectivity index (χ3v) is 6.81. The molecule has 0 saturated carbocycles. The number of carbonyl (C=O) groups is 1. The van der Waals surface area contributed by atoms with Crippen molar-refractivity contribution in [3.63, 3.8) is 0 Å². The Morgan fingerprint density at radius 2 is 2.13 bits per heavy atom. The molecule has 0 radical (unpaired) electrons. The van der Waals surface area contributed by atoms with Gasteiger partial charge in [-0.15, -0.1) is 0 Å². The van der Waals surface area contributed by atoms with Crippen molar-refractivity contribution < 1.29 is 13.9 Å². The molecule has 0 aromatic heterocycles. The third-order valence-electron chi connectivity index (χ3n) is 6.81. The number of likely N-dealkylation sites (N-methyl/N-ethyl adjacent to an activating group) is 1. The number of halogens is 1. The molecular weight excluding hydrogens is 381 g/mol. The number of rotatable bonds is 6. The molecule has 2 unspecified atom stereocenters. The summed E-state index contributed by atoms with van der Waals surface area (Å²) in [6, 6.07) is 9.31. The maximum absolute atomic E-state index is 13.6. The first-order chi connectivity index (χ1) is 14.6. The normalized spacial score (nSPS) is 21.5. The van der Waals surface area contributed by atoms with Crippen LogP contribution < -0.4 is 15.4 Å². The van der Waals surface area contributed by atoms with Gasteiger partial charge in [0.15, 0.2) is 0 Å². The van der Waals surface area contributed by atoms with Crippen LogP contribution in [0.1, 0.15) is 52.7 Å². The Bertz CT molecular complexity index is 977. The second-order valence-corrected chi connectivity index (χ2v) is 8.51. The Hall–Kier alpha value is -2.60. The van der Waals surface area contributed by atoms with E-state index in [0.29, 0.717) is 19.1 Å². The zero-order chi connectivity index (χ0) is 20.7. The minimum Gasteiger partial charge on any atom is -0.492 e. The van der Waals surface area contributed by atoms with Crippen molar-refractivity contribution in [2.75, 3.05) is 31.6 Å². The summed E-state index contributed by atoms with van der Waals surface area (Å²) in [4.78, 5) is 14.8. The number of anilines is 1. The second-order valence-electron chi connectivity index (χ2n) is 8.51. The molecule has 3 aliphatic rings. The molecule has 0 bridgehead atoms. The molecule has 0 aliphatic carbocycles. The molecule has 2 atom stereocenters. The van der Waals surface area contributed by atoms with Crippen LogP contribution in [0, 0.1) is 5.82 Å². The minimum absolute atomic E-state index is 0.0220. The van der Waals surface area contributed by atoms with Crippen LogP contribution in [0.5, 0.6) is 5.75 Å². The SMILES string of the molecule is CCN(CCCC1CNc2ccc(F)cc21)C1COc2ccc3c(c2C1)C(=O)NC3. The van der Waals surface area contributed by atoms with E-state index < -0.39 is 0 Å².